The van der Waals surface area contributed by atoms with E-state index in [9.17, 15) is 0 Å². The Morgan fingerprint density at radius 2 is 2.21 bits per heavy atom. The molecule has 3 nitrogen and oxygen atoms in total. The highest BCUT2D eigenvalue weighted by atomic mass is 79.9. The van der Waals surface area contributed by atoms with Gasteiger partial charge in [0.15, 0.2) is 5.76 Å². The van der Waals surface area contributed by atoms with Crippen molar-refractivity contribution in [3.8, 4) is 11.3 Å². The molecule has 0 aliphatic rings. The number of aryl methyl sites for hydroxylation is 1. The number of rotatable bonds is 1. The highest BCUT2D eigenvalue weighted by Crippen LogP contribution is 2.26. The Balaban J connectivity index is 2.47. The van der Waals surface area contributed by atoms with Crippen LogP contribution in [0.25, 0.3) is 11.3 Å². The molecular formula is C10H9BrN2O. The standard InChI is InChI=1S/C10H9BrN2O/c1-6-2-3-7(4-8(6)11)9-5-13-10(12)14-9/h2-5H,1H3,(H2,12,13). The molecule has 2 aromatic rings. The van der Waals surface area contributed by atoms with Gasteiger partial charge in [0.2, 0.25) is 0 Å². The molecule has 0 aliphatic heterocycles. The summed E-state index contributed by atoms with van der Waals surface area (Å²) in [6.45, 7) is 2.03. The first-order chi connectivity index (χ1) is 6.66. The Hall–Kier alpha value is -1.29. The Bertz CT molecular complexity index is 465. The van der Waals surface area contributed by atoms with E-state index in [1.807, 2.05) is 25.1 Å². The second kappa shape index (κ2) is 3.46. The fraction of sp³-hybridized carbons (Fsp3) is 0.100. The van der Waals surface area contributed by atoms with Crippen LogP contribution >= 0.6 is 15.9 Å². The van der Waals surface area contributed by atoms with Gasteiger partial charge < -0.3 is 10.2 Å². The molecule has 4 heteroatoms. The molecule has 0 saturated heterocycles. The van der Waals surface area contributed by atoms with Crippen LogP contribution in [0.4, 0.5) is 6.01 Å². The van der Waals surface area contributed by atoms with Crippen molar-refractivity contribution in [3.05, 3.63) is 34.4 Å². The van der Waals surface area contributed by atoms with E-state index in [-0.39, 0.29) is 6.01 Å². The molecule has 1 aromatic heterocycles. The highest BCUT2D eigenvalue weighted by molar-refractivity contribution is 9.10. The molecule has 0 spiro atoms. The van der Waals surface area contributed by atoms with E-state index >= 15 is 0 Å². The third kappa shape index (κ3) is 1.65. The van der Waals surface area contributed by atoms with Gasteiger partial charge in [-0.25, -0.2) is 4.98 Å². The van der Waals surface area contributed by atoms with E-state index in [4.69, 9.17) is 10.2 Å². The average Bonchev–Trinajstić information content (AvgIpc) is 2.57. The molecule has 0 fully saturated rings. The molecule has 0 unspecified atom stereocenters. The van der Waals surface area contributed by atoms with Gasteiger partial charge >= 0.3 is 0 Å². The lowest BCUT2D eigenvalue weighted by Crippen LogP contribution is -1.80. The predicted octanol–water partition coefficient (Wildman–Crippen LogP) is 2.99. The van der Waals surface area contributed by atoms with Crippen LogP contribution < -0.4 is 5.73 Å². The molecular weight excluding hydrogens is 244 g/mol. The minimum Gasteiger partial charge on any atom is -0.424 e. The summed E-state index contributed by atoms with van der Waals surface area (Å²) in [5.41, 5.74) is 7.54. The summed E-state index contributed by atoms with van der Waals surface area (Å²) < 4.78 is 6.26. The maximum Gasteiger partial charge on any atom is 0.292 e. The van der Waals surface area contributed by atoms with Crippen LogP contribution in [-0.2, 0) is 0 Å². The third-order valence-electron chi connectivity index (χ3n) is 1.98. The fourth-order valence-corrected chi connectivity index (χ4v) is 1.55. The van der Waals surface area contributed by atoms with Crippen LogP contribution in [-0.4, -0.2) is 4.98 Å². The number of oxazole rings is 1. The van der Waals surface area contributed by atoms with Crippen LogP contribution in [0.1, 0.15) is 5.56 Å². The maximum atomic E-state index is 5.39. The van der Waals surface area contributed by atoms with Crippen LogP contribution in [0.3, 0.4) is 0 Å². The van der Waals surface area contributed by atoms with Crippen molar-refractivity contribution in [1.82, 2.24) is 4.98 Å². The lowest BCUT2D eigenvalue weighted by Gasteiger charge is -2.00. The Kier molecular flexibility index (Phi) is 2.29. The van der Waals surface area contributed by atoms with Crippen molar-refractivity contribution in [2.75, 3.05) is 5.73 Å². The number of benzene rings is 1. The topological polar surface area (TPSA) is 52.0 Å². The van der Waals surface area contributed by atoms with Gasteiger partial charge in [-0.15, -0.1) is 0 Å². The molecule has 0 saturated carbocycles. The number of nitrogen functional groups attached to an aromatic ring is 1. The Morgan fingerprint density at radius 1 is 1.43 bits per heavy atom. The fourth-order valence-electron chi connectivity index (χ4n) is 1.17. The Labute approximate surface area is 90.1 Å². The summed E-state index contributed by atoms with van der Waals surface area (Å²) in [6, 6.07) is 6.16. The normalized spacial score (nSPS) is 10.4. The first-order valence-corrected chi connectivity index (χ1v) is 4.94. The predicted molar refractivity (Wildman–Crippen MR) is 58.8 cm³/mol. The lowest BCUT2D eigenvalue weighted by atomic mass is 10.1. The van der Waals surface area contributed by atoms with Crippen LogP contribution in [0.5, 0.6) is 0 Å². The van der Waals surface area contributed by atoms with E-state index in [1.54, 1.807) is 6.20 Å². The number of hydrogen-bond donors (Lipinski definition) is 1. The minimum absolute atomic E-state index is 0.191. The van der Waals surface area contributed by atoms with Crippen molar-refractivity contribution in [3.63, 3.8) is 0 Å². The van der Waals surface area contributed by atoms with Gasteiger partial charge in [-0.3, -0.25) is 0 Å². The maximum absolute atomic E-state index is 5.39. The molecule has 0 radical (unpaired) electrons. The zero-order valence-electron chi connectivity index (χ0n) is 7.62. The number of nitrogens with two attached hydrogens (primary N) is 1. The minimum atomic E-state index is 0.191. The number of aromatic nitrogens is 1. The van der Waals surface area contributed by atoms with E-state index in [0.717, 1.165) is 10.0 Å². The van der Waals surface area contributed by atoms with Crippen molar-refractivity contribution >= 4 is 21.9 Å². The number of nitrogens with zero attached hydrogens (tertiary/aromatic N) is 1. The zero-order chi connectivity index (χ0) is 10.1. The molecule has 72 valence electrons. The van der Waals surface area contributed by atoms with Gasteiger partial charge in [0.25, 0.3) is 6.01 Å². The van der Waals surface area contributed by atoms with Crippen molar-refractivity contribution in [2.45, 2.75) is 6.92 Å². The van der Waals surface area contributed by atoms with Gasteiger partial charge in [0.1, 0.15) is 0 Å². The van der Waals surface area contributed by atoms with Crippen LogP contribution in [0.15, 0.2) is 33.3 Å². The molecule has 0 aliphatic carbocycles. The molecule has 1 heterocycles. The molecule has 0 atom stereocenters. The van der Waals surface area contributed by atoms with Gasteiger partial charge in [-0.05, 0) is 18.6 Å². The summed E-state index contributed by atoms with van der Waals surface area (Å²) in [6.07, 6.45) is 1.62. The summed E-state index contributed by atoms with van der Waals surface area (Å²) in [5, 5.41) is 0. The molecule has 0 bridgehead atoms. The van der Waals surface area contributed by atoms with Gasteiger partial charge in [-0.1, -0.05) is 28.1 Å². The second-order valence-corrected chi connectivity index (χ2v) is 3.88. The zero-order valence-corrected chi connectivity index (χ0v) is 9.21. The number of hydrogen-bond acceptors (Lipinski definition) is 3. The molecule has 14 heavy (non-hydrogen) atoms. The third-order valence-corrected chi connectivity index (χ3v) is 2.83. The van der Waals surface area contributed by atoms with Crippen molar-refractivity contribution in [2.24, 2.45) is 0 Å². The summed E-state index contributed by atoms with van der Waals surface area (Å²) in [5.74, 6) is 0.684. The first kappa shape index (κ1) is 9.27. The largest absolute Gasteiger partial charge is 0.424 e. The van der Waals surface area contributed by atoms with Crippen molar-refractivity contribution < 1.29 is 4.42 Å². The van der Waals surface area contributed by atoms with Crippen LogP contribution in [0.2, 0.25) is 0 Å². The Morgan fingerprint density at radius 3 is 2.79 bits per heavy atom. The van der Waals surface area contributed by atoms with Crippen molar-refractivity contribution in [1.29, 1.82) is 0 Å². The monoisotopic (exact) mass is 252 g/mol. The van der Waals surface area contributed by atoms with E-state index in [0.29, 0.717) is 5.76 Å². The molecule has 2 N–H and O–H groups in total. The molecule has 2 rings (SSSR count). The number of halogens is 1. The summed E-state index contributed by atoms with van der Waals surface area (Å²) in [7, 11) is 0. The molecule has 0 amide bonds. The lowest BCUT2D eigenvalue weighted by molar-refractivity contribution is 0.595. The van der Waals surface area contributed by atoms with E-state index < -0.39 is 0 Å². The highest BCUT2D eigenvalue weighted by Gasteiger charge is 2.05. The van der Waals surface area contributed by atoms with Gasteiger partial charge in [0, 0.05) is 10.0 Å². The SMILES string of the molecule is Cc1ccc(-c2cnc(N)o2)cc1Br. The first-order valence-electron chi connectivity index (χ1n) is 4.14. The van der Waals surface area contributed by atoms with Crippen LogP contribution in [0, 0.1) is 6.92 Å². The quantitative estimate of drug-likeness (QED) is 0.849. The second-order valence-electron chi connectivity index (χ2n) is 3.03. The summed E-state index contributed by atoms with van der Waals surface area (Å²) >= 11 is 3.46. The number of anilines is 1. The van der Waals surface area contributed by atoms with Gasteiger partial charge in [0.05, 0.1) is 6.20 Å². The summed E-state index contributed by atoms with van der Waals surface area (Å²) in [4.78, 5) is 3.84. The molecule has 1 aromatic carbocycles. The van der Waals surface area contributed by atoms with Gasteiger partial charge in [-0.2, -0.15) is 0 Å². The van der Waals surface area contributed by atoms with E-state index in [1.165, 1.54) is 5.56 Å². The smallest absolute Gasteiger partial charge is 0.292 e. The van der Waals surface area contributed by atoms with E-state index in [2.05, 4.69) is 20.9 Å². The average molecular weight is 253 g/mol.